The summed E-state index contributed by atoms with van der Waals surface area (Å²) < 4.78 is 0. The van der Waals surface area contributed by atoms with Crippen LogP contribution in [0.3, 0.4) is 0 Å². The van der Waals surface area contributed by atoms with Crippen molar-refractivity contribution in [3.05, 3.63) is 21.9 Å². The van der Waals surface area contributed by atoms with E-state index in [-0.39, 0.29) is 6.42 Å². The number of fused-ring (bicyclic) bond motifs is 1. The van der Waals surface area contributed by atoms with E-state index in [1.54, 1.807) is 0 Å². The third kappa shape index (κ3) is 2.31. The molecule has 2 rings (SSSR count). The van der Waals surface area contributed by atoms with Crippen LogP contribution >= 0.6 is 22.9 Å². The van der Waals surface area contributed by atoms with Crippen LogP contribution in [0.5, 0.6) is 0 Å². The largest absolute Gasteiger partial charge is 0.481 e. The second-order valence-corrected chi connectivity index (χ2v) is 4.99. The van der Waals surface area contributed by atoms with Crippen molar-refractivity contribution in [2.45, 2.75) is 19.8 Å². The molecule has 0 atom stereocenters. The van der Waals surface area contributed by atoms with Crippen LogP contribution in [0.15, 0.2) is 6.07 Å². The molecule has 0 radical (unpaired) electrons. The smallest absolute Gasteiger partial charge is 0.303 e. The second kappa shape index (κ2) is 4.35. The highest BCUT2D eigenvalue weighted by molar-refractivity contribution is 7.18. The topological polar surface area (TPSA) is 63.1 Å². The van der Waals surface area contributed by atoms with Crippen molar-refractivity contribution in [3.63, 3.8) is 0 Å². The van der Waals surface area contributed by atoms with Crippen LogP contribution < -0.4 is 0 Å². The Morgan fingerprint density at radius 3 is 3.00 bits per heavy atom. The Kier molecular flexibility index (Phi) is 3.07. The maximum absolute atomic E-state index is 10.4. The van der Waals surface area contributed by atoms with E-state index < -0.39 is 5.97 Å². The molecule has 0 fully saturated rings. The SMILES string of the molecule is Cc1cc2c(Cl)nc(CCC(=O)O)nc2s1. The van der Waals surface area contributed by atoms with E-state index in [1.807, 2.05) is 13.0 Å². The van der Waals surface area contributed by atoms with Crippen molar-refractivity contribution < 1.29 is 9.90 Å². The van der Waals surface area contributed by atoms with E-state index >= 15 is 0 Å². The minimum atomic E-state index is -0.859. The van der Waals surface area contributed by atoms with E-state index in [4.69, 9.17) is 16.7 Å². The van der Waals surface area contributed by atoms with E-state index in [1.165, 1.54) is 11.3 Å². The minimum Gasteiger partial charge on any atom is -0.481 e. The lowest BCUT2D eigenvalue weighted by molar-refractivity contribution is -0.137. The number of thiophene rings is 1. The van der Waals surface area contributed by atoms with Crippen LogP contribution in [-0.2, 0) is 11.2 Å². The summed E-state index contributed by atoms with van der Waals surface area (Å²) in [5, 5.41) is 9.81. The molecule has 0 bridgehead atoms. The van der Waals surface area contributed by atoms with Gasteiger partial charge in [0.2, 0.25) is 0 Å². The van der Waals surface area contributed by atoms with Crippen LogP contribution in [0.1, 0.15) is 17.1 Å². The first-order valence-electron chi connectivity index (χ1n) is 4.70. The van der Waals surface area contributed by atoms with Gasteiger partial charge in [-0.2, -0.15) is 0 Å². The van der Waals surface area contributed by atoms with Crippen molar-refractivity contribution >= 4 is 39.1 Å². The van der Waals surface area contributed by atoms with Crippen LogP contribution in [0, 0.1) is 6.92 Å². The molecule has 4 nitrogen and oxygen atoms in total. The number of rotatable bonds is 3. The van der Waals surface area contributed by atoms with Crippen molar-refractivity contribution in [3.8, 4) is 0 Å². The summed E-state index contributed by atoms with van der Waals surface area (Å²) in [5.41, 5.74) is 0. The third-order valence-corrected chi connectivity index (χ3v) is 3.31. The number of aliphatic carboxylic acids is 1. The number of aryl methyl sites for hydroxylation is 2. The summed E-state index contributed by atoms with van der Waals surface area (Å²) in [4.78, 5) is 20.7. The number of hydrogen-bond acceptors (Lipinski definition) is 4. The fourth-order valence-electron chi connectivity index (χ4n) is 1.38. The van der Waals surface area contributed by atoms with Gasteiger partial charge in [0.25, 0.3) is 0 Å². The number of carboxylic acids is 1. The van der Waals surface area contributed by atoms with Gasteiger partial charge in [-0.3, -0.25) is 4.79 Å². The summed E-state index contributed by atoms with van der Waals surface area (Å²) in [5.74, 6) is -0.371. The molecule has 0 unspecified atom stereocenters. The van der Waals surface area contributed by atoms with E-state index in [0.29, 0.717) is 17.4 Å². The molecule has 2 aromatic rings. The second-order valence-electron chi connectivity index (χ2n) is 3.40. The monoisotopic (exact) mass is 256 g/mol. The van der Waals surface area contributed by atoms with Gasteiger partial charge in [0.15, 0.2) is 0 Å². The first kappa shape index (κ1) is 11.3. The Balaban J connectivity index is 2.37. The first-order chi connectivity index (χ1) is 7.56. The third-order valence-electron chi connectivity index (χ3n) is 2.08. The normalized spacial score (nSPS) is 10.9. The molecular formula is C10H9ClN2O2S. The maximum atomic E-state index is 10.4. The van der Waals surface area contributed by atoms with Crippen LogP contribution in [0.4, 0.5) is 0 Å². The minimum absolute atomic E-state index is 0.0200. The lowest BCUT2D eigenvalue weighted by atomic mass is 10.3. The van der Waals surface area contributed by atoms with Gasteiger partial charge in [-0.15, -0.1) is 11.3 Å². The summed E-state index contributed by atoms with van der Waals surface area (Å²) in [6.07, 6.45) is 0.328. The molecule has 0 saturated carbocycles. The van der Waals surface area contributed by atoms with Gasteiger partial charge >= 0.3 is 5.97 Å². The maximum Gasteiger partial charge on any atom is 0.303 e. The number of hydrogen-bond donors (Lipinski definition) is 1. The zero-order valence-corrected chi connectivity index (χ0v) is 10.1. The molecule has 16 heavy (non-hydrogen) atoms. The van der Waals surface area contributed by atoms with Crippen LogP contribution in [0.25, 0.3) is 10.2 Å². The predicted molar refractivity (Wildman–Crippen MR) is 63.1 cm³/mol. The number of aromatic nitrogens is 2. The highest BCUT2D eigenvalue weighted by atomic mass is 35.5. The molecule has 0 aliphatic rings. The Morgan fingerprint density at radius 1 is 1.56 bits per heavy atom. The molecule has 2 heterocycles. The summed E-state index contributed by atoms with van der Waals surface area (Å²) >= 11 is 7.53. The number of carboxylic acid groups (broad SMARTS) is 1. The van der Waals surface area contributed by atoms with Crippen molar-refractivity contribution in [2.24, 2.45) is 0 Å². The molecule has 1 N–H and O–H groups in total. The molecule has 0 amide bonds. The fourth-order valence-corrected chi connectivity index (χ4v) is 2.58. The average Bonchev–Trinajstić information content (AvgIpc) is 2.56. The number of carbonyl (C=O) groups is 1. The van der Waals surface area contributed by atoms with Gasteiger partial charge in [-0.1, -0.05) is 11.6 Å². The number of nitrogens with zero attached hydrogens (tertiary/aromatic N) is 2. The molecule has 2 aromatic heterocycles. The summed E-state index contributed by atoms with van der Waals surface area (Å²) in [6, 6.07) is 1.93. The molecule has 0 spiro atoms. The zero-order chi connectivity index (χ0) is 11.7. The van der Waals surface area contributed by atoms with Crippen molar-refractivity contribution in [2.75, 3.05) is 0 Å². The highest BCUT2D eigenvalue weighted by Crippen LogP contribution is 2.28. The van der Waals surface area contributed by atoms with Crippen LogP contribution in [0.2, 0.25) is 5.15 Å². The first-order valence-corrected chi connectivity index (χ1v) is 5.90. The average molecular weight is 257 g/mol. The quantitative estimate of drug-likeness (QED) is 0.858. The van der Waals surface area contributed by atoms with Crippen LogP contribution in [-0.4, -0.2) is 21.0 Å². The van der Waals surface area contributed by atoms with E-state index in [0.717, 1.165) is 15.1 Å². The van der Waals surface area contributed by atoms with Gasteiger partial charge in [0.05, 0.1) is 6.42 Å². The van der Waals surface area contributed by atoms with Crippen molar-refractivity contribution in [1.82, 2.24) is 9.97 Å². The molecule has 6 heteroatoms. The standard InChI is InChI=1S/C10H9ClN2O2S/c1-5-4-6-9(11)12-7(2-3-8(14)15)13-10(6)16-5/h4H,2-3H2,1H3,(H,14,15). The number of halogens is 1. The van der Waals surface area contributed by atoms with Gasteiger partial charge < -0.3 is 5.11 Å². The molecule has 84 valence electrons. The Morgan fingerprint density at radius 2 is 2.31 bits per heavy atom. The van der Waals surface area contributed by atoms with Crippen molar-refractivity contribution in [1.29, 1.82) is 0 Å². The lowest BCUT2D eigenvalue weighted by Crippen LogP contribution is -2.01. The van der Waals surface area contributed by atoms with Gasteiger partial charge in [-0.25, -0.2) is 9.97 Å². The molecule has 0 aliphatic heterocycles. The van der Waals surface area contributed by atoms with E-state index in [2.05, 4.69) is 9.97 Å². The molecule has 0 aliphatic carbocycles. The molecular weight excluding hydrogens is 248 g/mol. The summed E-state index contributed by atoms with van der Waals surface area (Å²) in [6.45, 7) is 1.97. The fraction of sp³-hybridized carbons (Fsp3) is 0.300. The Labute approximate surface area is 101 Å². The predicted octanol–water partition coefficient (Wildman–Crippen LogP) is 2.67. The molecule has 0 aromatic carbocycles. The van der Waals surface area contributed by atoms with Gasteiger partial charge in [-0.05, 0) is 13.0 Å². The van der Waals surface area contributed by atoms with Gasteiger partial charge in [0.1, 0.15) is 15.8 Å². The zero-order valence-electron chi connectivity index (χ0n) is 8.53. The van der Waals surface area contributed by atoms with Gasteiger partial charge in [0, 0.05) is 16.7 Å². The Bertz CT molecular complexity index is 553. The summed E-state index contributed by atoms with van der Waals surface area (Å²) in [7, 11) is 0. The van der Waals surface area contributed by atoms with E-state index in [9.17, 15) is 4.79 Å². The Hall–Kier alpha value is -1.20. The lowest BCUT2D eigenvalue weighted by Gasteiger charge is -1.99. The highest BCUT2D eigenvalue weighted by Gasteiger charge is 2.09. The molecule has 0 saturated heterocycles.